The van der Waals surface area contributed by atoms with E-state index in [1.807, 2.05) is 22.7 Å². The lowest BCUT2D eigenvalue weighted by atomic mass is 9.89. The standard InChI is InChI=1S/C17H23N3OS.ClH/c21-17(12-19-6-5-13-9-18-10-14(13)11-19)20-7-8-22-16-4-2-1-3-15(16)20;/h1-4,13-14,18H,5-12H2;1H. The largest absolute Gasteiger partial charge is 0.316 e. The van der Waals surface area contributed by atoms with Crippen LogP contribution in [0.25, 0.3) is 0 Å². The molecule has 1 N–H and O–H groups in total. The van der Waals surface area contributed by atoms with E-state index in [9.17, 15) is 4.79 Å². The molecule has 0 aliphatic carbocycles. The van der Waals surface area contributed by atoms with Crippen LogP contribution in [-0.2, 0) is 4.79 Å². The number of amides is 1. The van der Waals surface area contributed by atoms with Gasteiger partial charge in [-0.15, -0.1) is 24.2 Å². The first-order valence-electron chi connectivity index (χ1n) is 8.26. The molecule has 126 valence electrons. The fourth-order valence-electron chi connectivity index (χ4n) is 3.96. The quantitative estimate of drug-likeness (QED) is 0.883. The second-order valence-electron chi connectivity index (χ2n) is 6.56. The Bertz CT molecular complexity index is 571. The number of nitrogens with one attached hydrogen (secondary N) is 1. The van der Waals surface area contributed by atoms with E-state index in [2.05, 4.69) is 28.4 Å². The Labute approximate surface area is 148 Å². The summed E-state index contributed by atoms with van der Waals surface area (Å²) in [6, 6.07) is 8.28. The van der Waals surface area contributed by atoms with Crippen molar-refractivity contribution >= 4 is 35.8 Å². The minimum Gasteiger partial charge on any atom is -0.316 e. The highest BCUT2D eigenvalue weighted by Gasteiger charge is 2.34. The molecule has 2 atom stereocenters. The van der Waals surface area contributed by atoms with Crippen molar-refractivity contribution in [2.45, 2.75) is 11.3 Å². The lowest BCUT2D eigenvalue weighted by Gasteiger charge is -2.36. The van der Waals surface area contributed by atoms with E-state index >= 15 is 0 Å². The summed E-state index contributed by atoms with van der Waals surface area (Å²) in [5, 5.41) is 3.49. The van der Waals surface area contributed by atoms with Crippen LogP contribution in [0.2, 0.25) is 0 Å². The molecule has 1 aromatic carbocycles. The zero-order valence-corrected chi connectivity index (χ0v) is 14.9. The third-order valence-corrected chi connectivity index (χ3v) is 6.22. The molecule has 3 aliphatic rings. The summed E-state index contributed by atoms with van der Waals surface area (Å²) in [5.74, 6) is 2.83. The Kier molecular flexibility index (Phi) is 5.52. The van der Waals surface area contributed by atoms with Crippen LogP contribution in [0.1, 0.15) is 6.42 Å². The number of benzene rings is 1. The number of rotatable bonds is 2. The zero-order valence-electron chi connectivity index (χ0n) is 13.2. The number of carbonyl (C=O) groups is 1. The molecule has 1 amide bonds. The van der Waals surface area contributed by atoms with Crippen molar-refractivity contribution in [3.8, 4) is 0 Å². The Morgan fingerprint density at radius 2 is 2.04 bits per heavy atom. The number of halogens is 1. The van der Waals surface area contributed by atoms with Gasteiger partial charge in [-0.25, -0.2) is 0 Å². The van der Waals surface area contributed by atoms with Gasteiger partial charge >= 0.3 is 0 Å². The average molecular weight is 354 g/mol. The summed E-state index contributed by atoms with van der Waals surface area (Å²) in [5.41, 5.74) is 1.10. The van der Waals surface area contributed by atoms with E-state index in [1.54, 1.807) is 0 Å². The maximum Gasteiger partial charge on any atom is 0.241 e. The van der Waals surface area contributed by atoms with Crippen LogP contribution in [0.3, 0.4) is 0 Å². The predicted molar refractivity (Wildman–Crippen MR) is 97.7 cm³/mol. The van der Waals surface area contributed by atoms with Crippen LogP contribution in [0.4, 0.5) is 5.69 Å². The molecule has 0 spiro atoms. The molecule has 2 fully saturated rings. The van der Waals surface area contributed by atoms with Crippen LogP contribution in [0.15, 0.2) is 29.2 Å². The number of likely N-dealkylation sites (tertiary alicyclic amines) is 1. The van der Waals surface area contributed by atoms with Gasteiger partial charge < -0.3 is 10.2 Å². The number of nitrogens with zero attached hydrogens (tertiary/aromatic N) is 2. The maximum absolute atomic E-state index is 12.8. The summed E-state index contributed by atoms with van der Waals surface area (Å²) >= 11 is 1.85. The van der Waals surface area contributed by atoms with Crippen molar-refractivity contribution in [2.75, 3.05) is 49.9 Å². The summed E-state index contributed by atoms with van der Waals surface area (Å²) in [4.78, 5) is 18.4. The number of fused-ring (bicyclic) bond motifs is 2. The van der Waals surface area contributed by atoms with Gasteiger partial charge in [0.2, 0.25) is 5.91 Å². The molecule has 3 heterocycles. The fourth-order valence-corrected chi connectivity index (χ4v) is 4.95. The third-order valence-electron chi connectivity index (χ3n) is 5.18. The van der Waals surface area contributed by atoms with E-state index < -0.39 is 0 Å². The molecule has 4 rings (SSSR count). The first-order chi connectivity index (χ1) is 10.8. The van der Waals surface area contributed by atoms with Crippen molar-refractivity contribution in [3.63, 3.8) is 0 Å². The van der Waals surface area contributed by atoms with Crippen LogP contribution in [0, 0.1) is 11.8 Å². The highest BCUT2D eigenvalue weighted by molar-refractivity contribution is 7.99. The molecule has 0 saturated carbocycles. The van der Waals surface area contributed by atoms with Crippen molar-refractivity contribution in [1.29, 1.82) is 0 Å². The first kappa shape index (κ1) is 17.1. The zero-order chi connectivity index (χ0) is 14.9. The SMILES string of the molecule is Cl.O=C(CN1CCC2CNCC2C1)N1CCSc2ccccc21. The van der Waals surface area contributed by atoms with Crippen molar-refractivity contribution in [1.82, 2.24) is 10.2 Å². The van der Waals surface area contributed by atoms with Crippen molar-refractivity contribution in [2.24, 2.45) is 11.8 Å². The van der Waals surface area contributed by atoms with Crippen LogP contribution < -0.4 is 10.2 Å². The topological polar surface area (TPSA) is 35.6 Å². The summed E-state index contributed by atoms with van der Waals surface area (Å²) in [6.07, 6.45) is 1.23. The second-order valence-corrected chi connectivity index (χ2v) is 7.70. The van der Waals surface area contributed by atoms with E-state index in [4.69, 9.17) is 0 Å². The van der Waals surface area contributed by atoms with E-state index in [0.717, 1.165) is 49.5 Å². The number of carbonyl (C=O) groups excluding carboxylic acids is 1. The Morgan fingerprint density at radius 1 is 1.22 bits per heavy atom. The Morgan fingerprint density at radius 3 is 2.96 bits per heavy atom. The van der Waals surface area contributed by atoms with Crippen molar-refractivity contribution in [3.05, 3.63) is 24.3 Å². The lowest BCUT2D eigenvalue weighted by Crippen LogP contribution is -2.47. The van der Waals surface area contributed by atoms with E-state index in [-0.39, 0.29) is 18.3 Å². The van der Waals surface area contributed by atoms with Gasteiger partial charge in [0.15, 0.2) is 0 Å². The molecule has 1 aromatic rings. The molecule has 2 saturated heterocycles. The molecule has 6 heteroatoms. The van der Waals surface area contributed by atoms with Crippen LogP contribution in [0.5, 0.6) is 0 Å². The molecule has 3 aliphatic heterocycles. The molecule has 0 radical (unpaired) electrons. The van der Waals surface area contributed by atoms with Crippen LogP contribution >= 0.6 is 24.2 Å². The van der Waals surface area contributed by atoms with Gasteiger partial charge in [0, 0.05) is 23.7 Å². The second kappa shape index (κ2) is 7.43. The van der Waals surface area contributed by atoms with Crippen molar-refractivity contribution < 1.29 is 4.79 Å². The lowest BCUT2D eigenvalue weighted by molar-refractivity contribution is -0.120. The monoisotopic (exact) mass is 353 g/mol. The molecule has 2 unspecified atom stereocenters. The maximum atomic E-state index is 12.8. The number of piperidine rings is 1. The number of para-hydroxylation sites is 1. The predicted octanol–water partition coefficient (Wildman–Crippen LogP) is 2.09. The summed E-state index contributed by atoms with van der Waals surface area (Å²) < 4.78 is 0. The minimum atomic E-state index is 0. The number of hydrogen-bond acceptors (Lipinski definition) is 4. The van der Waals surface area contributed by atoms with E-state index in [1.165, 1.54) is 17.9 Å². The molecular formula is C17H24ClN3OS. The van der Waals surface area contributed by atoms with Gasteiger partial charge in [-0.2, -0.15) is 0 Å². The third kappa shape index (κ3) is 3.53. The highest BCUT2D eigenvalue weighted by Crippen LogP contribution is 2.34. The normalized spacial score (nSPS) is 27.0. The molecule has 0 bridgehead atoms. The smallest absolute Gasteiger partial charge is 0.241 e. The molecule has 23 heavy (non-hydrogen) atoms. The fraction of sp³-hybridized carbons (Fsp3) is 0.588. The van der Waals surface area contributed by atoms with Gasteiger partial charge in [0.25, 0.3) is 0 Å². The average Bonchev–Trinajstić information content (AvgIpc) is 3.02. The molecule has 4 nitrogen and oxygen atoms in total. The van der Waals surface area contributed by atoms with Gasteiger partial charge in [-0.1, -0.05) is 12.1 Å². The van der Waals surface area contributed by atoms with Gasteiger partial charge in [0.05, 0.1) is 12.2 Å². The minimum absolute atomic E-state index is 0. The highest BCUT2D eigenvalue weighted by atomic mass is 35.5. The van der Waals surface area contributed by atoms with Crippen LogP contribution in [-0.4, -0.2) is 55.8 Å². The summed E-state index contributed by atoms with van der Waals surface area (Å²) in [6.45, 7) is 5.85. The van der Waals surface area contributed by atoms with E-state index in [0.29, 0.717) is 6.54 Å². The molecule has 0 aromatic heterocycles. The molecular weight excluding hydrogens is 330 g/mol. The number of anilines is 1. The first-order valence-corrected chi connectivity index (χ1v) is 9.25. The Hall–Kier alpha value is -0.750. The number of hydrogen-bond donors (Lipinski definition) is 1. The number of thioether (sulfide) groups is 1. The summed E-state index contributed by atoms with van der Waals surface area (Å²) in [7, 11) is 0. The van der Waals surface area contributed by atoms with Gasteiger partial charge in [0.1, 0.15) is 0 Å². The van der Waals surface area contributed by atoms with Gasteiger partial charge in [-0.05, 0) is 50.0 Å². The van der Waals surface area contributed by atoms with Gasteiger partial charge in [-0.3, -0.25) is 9.69 Å². The Balaban J connectivity index is 0.00000156.